The molecule has 0 fully saturated rings. The Labute approximate surface area is 113 Å². The lowest BCUT2D eigenvalue weighted by Crippen LogP contribution is -2.23. The maximum absolute atomic E-state index is 5.51. The Kier molecular flexibility index (Phi) is 5.36. The molecule has 2 rings (SSSR count). The fraction of sp³-hybridized carbons (Fsp3) is 0.333. The Bertz CT molecular complexity index is 427. The second-order valence-corrected chi connectivity index (χ2v) is 5.24. The molecule has 0 aliphatic heterocycles. The molecular weight excluding hydrogens is 242 g/mol. The lowest BCUT2D eigenvalue weighted by Gasteiger charge is -2.15. The molecule has 1 N–H and O–H groups in total. The van der Waals surface area contributed by atoms with Crippen LogP contribution in [0.2, 0.25) is 0 Å². The van der Waals surface area contributed by atoms with Gasteiger partial charge in [-0.25, -0.2) is 0 Å². The SMILES string of the molecule is CCCNC(CSc1ccccc1)c1ccco1. The second kappa shape index (κ2) is 7.29. The normalized spacial score (nSPS) is 12.5. The largest absolute Gasteiger partial charge is 0.468 e. The number of thioether (sulfide) groups is 1. The average Bonchev–Trinajstić information content (AvgIpc) is 2.94. The third-order valence-electron chi connectivity index (χ3n) is 2.69. The van der Waals surface area contributed by atoms with Crippen LogP contribution >= 0.6 is 11.8 Å². The van der Waals surface area contributed by atoms with E-state index >= 15 is 0 Å². The molecule has 3 heteroatoms. The highest BCUT2D eigenvalue weighted by Gasteiger charge is 2.13. The minimum Gasteiger partial charge on any atom is -0.468 e. The molecule has 0 aliphatic rings. The van der Waals surface area contributed by atoms with Crippen molar-refractivity contribution < 1.29 is 4.42 Å². The summed E-state index contributed by atoms with van der Waals surface area (Å²) in [6.07, 6.45) is 2.87. The Morgan fingerprint density at radius 1 is 1.17 bits per heavy atom. The van der Waals surface area contributed by atoms with Crippen LogP contribution in [0.25, 0.3) is 0 Å². The smallest absolute Gasteiger partial charge is 0.121 e. The summed E-state index contributed by atoms with van der Waals surface area (Å²) in [7, 11) is 0. The van der Waals surface area contributed by atoms with Gasteiger partial charge in [0.25, 0.3) is 0 Å². The zero-order valence-corrected chi connectivity index (χ0v) is 11.5. The van der Waals surface area contributed by atoms with Crippen LogP contribution in [0.1, 0.15) is 25.1 Å². The predicted octanol–water partition coefficient (Wildman–Crippen LogP) is 4.11. The Morgan fingerprint density at radius 2 is 2.00 bits per heavy atom. The lowest BCUT2D eigenvalue weighted by atomic mass is 10.2. The summed E-state index contributed by atoms with van der Waals surface area (Å²) >= 11 is 1.85. The van der Waals surface area contributed by atoms with Crippen molar-refractivity contribution in [2.45, 2.75) is 24.3 Å². The van der Waals surface area contributed by atoms with E-state index in [9.17, 15) is 0 Å². The van der Waals surface area contributed by atoms with E-state index in [0.29, 0.717) is 0 Å². The van der Waals surface area contributed by atoms with Gasteiger partial charge in [0.15, 0.2) is 0 Å². The standard InChI is InChI=1S/C15H19NOS/c1-2-10-16-14(15-9-6-11-17-15)12-18-13-7-4-3-5-8-13/h3-9,11,14,16H,2,10,12H2,1H3. The highest BCUT2D eigenvalue weighted by atomic mass is 32.2. The number of hydrogen-bond donors (Lipinski definition) is 1. The highest BCUT2D eigenvalue weighted by molar-refractivity contribution is 7.99. The quantitative estimate of drug-likeness (QED) is 0.759. The van der Waals surface area contributed by atoms with Crippen molar-refractivity contribution in [1.82, 2.24) is 5.32 Å². The van der Waals surface area contributed by atoms with Crippen LogP contribution in [0.15, 0.2) is 58.0 Å². The number of benzene rings is 1. The summed E-state index contributed by atoms with van der Waals surface area (Å²) in [4.78, 5) is 1.30. The van der Waals surface area contributed by atoms with Crippen LogP contribution in [0.5, 0.6) is 0 Å². The van der Waals surface area contributed by atoms with Gasteiger partial charge in [-0.15, -0.1) is 11.8 Å². The molecule has 1 atom stereocenters. The topological polar surface area (TPSA) is 25.2 Å². The van der Waals surface area contributed by atoms with Crippen LogP contribution in [0.3, 0.4) is 0 Å². The molecular formula is C15H19NOS. The van der Waals surface area contributed by atoms with Gasteiger partial charge in [0.1, 0.15) is 5.76 Å². The number of furan rings is 1. The molecule has 2 aromatic rings. The first kappa shape index (κ1) is 13.2. The zero-order chi connectivity index (χ0) is 12.6. The third-order valence-corrected chi connectivity index (χ3v) is 3.79. The fourth-order valence-corrected chi connectivity index (χ4v) is 2.74. The average molecular weight is 261 g/mol. The third kappa shape index (κ3) is 3.93. The lowest BCUT2D eigenvalue weighted by molar-refractivity contribution is 0.435. The van der Waals surface area contributed by atoms with Gasteiger partial charge < -0.3 is 9.73 Å². The van der Waals surface area contributed by atoms with Crippen LogP contribution < -0.4 is 5.32 Å². The van der Waals surface area contributed by atoms with E-state index in [1.165, 1.54) is 4.90 Å². The van der Waals surface area contributed by atoms with Crippen LogP contribution in [0.4, 0.5) is 0 Å². The van der Waals surface area contributed by atoms with Gasteiger partial charge >= 0.3 is 0 Å². The molecule has 1 aromatic carbocycles. The maximum Gasteiger partial charge on any atom is 0.121 e. The zero-order valence-electron chi connectivity index (χ0n) is 10.6. The summed E-state index contributed by atoms with van der Waals surface area (Å²) < 4.78 is 5.51. The molecule has 2 nitrogen and oxygen atoms in total. The first-order valence-electron chi connectivity index (χ1n) is 6.34. The summed E-state index contributed by atoms with van der Waals surface area (Å²) in [5.74, 6) is 2.00. The molecule has 0 radical (unpaired) electrons. The van der Waals surface area contributed by atoms with E-state index in [-0.39, 0.29) is 6.04 Å². The molecule has 0 bridgehead atoms. The maximum atomic E-state index is 5.51. The molecule has 1 unspecified atom stereocenters. The summed E-state index contributed by atoms with van der Waals surface area (Å²) in [5, 5.41) is 3.53. The summed E-state index contributed by atoms with van der Waals surface area (Å²) in [5.41, 5.74) is 0. The predicted molar refractivity (Wildman–Crippen MR) is 76.9 cm³/mol. The van der Waals surface area contributed by atoms with E-state index in [4.69, 9.17) is 4.42 Å². The van der Waals surface area contributed by atoms with Crippen molar-refractivity contribution in [2.75, 3.05) is 12.3 Å². The van der Waals surface area contributed by atoms with Gasteiger partial charge in [-0.3, -0.25) is 0 Å². The second-order valence-electron chi connectivity index (χ2n) is 4.15. The summed E-state index contributed by atoms with van der Waals surface area (Å²) in [6, 6.07) is 14.7. The van der Waals surface area contributed by atoms with Gasteiger partial charge in [0.2, 0.25) is 0 Å². The van der Waals surface area contributed by atoms with E-state index < -0.39 is 0 Å². The monoisotopic (exact) mass is 261 g/mol. The van der Waals surface area contributed by atoms with E-state index in [1.54, 1.807) is 6.26 Å². The van der Waals surface area contributed by atoms with Crippen molar-refractivity contribution in [3.05, 3.63) is 54.5 Å². The molecule has 1 heterocycles. The molecule has 0 spiro atoms. The fourth-order valence-electron chi connectivity index (χ4n) is 1.75. The van der Waals surface area contributed by atoms with Crippen molar-refractivity contribution >= 4 is 11.8 Å². The number of rotatable bonds is 7. The highest BCUT2D eigenvalue weighted by Crippen LogP contribution is 2.24. The first-order valence-corrected chi connectivity index (χ1v) is 7.33. The van der Waals surface area contributed by atoms with E-state index in [0.717, 1.165) is 24.5 Å². The van der Waals surface area contributed by atoms with Gasteiger partial charge in [0.05, 0.1) is 12.3 Å². The molecule has 1 aromatic heterocycles. The van der Waals surface area contributed by atoms with Crippen molar-refractivity contribution in [1.29, 1.82) is 0 Å². The molecule has 96 valence electrons. The Hall–Kier alpha value is -1.19. The van der Waals surface area contributed by atoms with Crippen LogP contribution in [-0.4, -0.2) is 12.3 Å². The van der Waals surface area contributed by atoms with Crippen molar-refractivity contribution in [3.8, 4) is 0 Å². The number of nitrogens with one attached hydrogen (secondary N) is 1. The van der Waals surface area contributed by atoms with Crippen LogP contribution in [0, 0.1) is 0 Å². The molecule has 0 amide bonds. The molecule has 0 saturated heterocycles. The van der Waals surface area contributed by atoms with Gasteiger partial charge in [-0.2, -0.15) is 0 Å². The van der Waals surface area contributed by atoms with Gasteiger partial charge in [-0.05, 0) is 37.2 Å². The van der Waals surface area contributed by atoms with Gasteiger partial charge in [0, 0.05) is 10.6 Å². The molecule has 0 aliphatic carbocycles. The van der Waals surface area contributed by atoms with E-state index in [2.05, 4.69) is 36.5 Å². The Balaban J connectivity index is 1.93. The molecule has 18 heavy (non-hydrogen) atoms. The number of hydrogen-bond acceptors (Lipinski definition) is 3. The minimum atomic E-state index is 0.283. The summed E-state index contributed by atoms with van der Waals surface area (Å²) in [6.45, 7) is 3.19. The molecule has 0 saturated carbocycles. The van der Waals surface area contributed by atoms with E-state index in [1.807, 2.05) is 30.0 Å². The van der Waals surface area contributed by atoms with Crippen molar-refractivity contribution in [2.24, 2.45) is 0 Å². The first-order chi connectivity index (χ1) is 8.90. The van der Waals surface area contributed by atoms with Crippen molar-refractivity contribution in [3.63, 3.8) is 0 Å². The van der Waals surface area contributed by atoms with Crippen LogP contribution in [-0.2, 0) is 0 Å². The minimum absolute atomic E-state index is 0.283. The van der Waals surface area contributed by atoms with Gasteiger partial charge in [-0.1, -0.05) is 25.1 Å². The Morgan fingerprint density at radius 3 is 2.67 bits per heavy atom.